The third kappa shape index (κ3) is 2.68. The predicted octanol–water partition coefficient (Wildman–Crippen LogP) is 1.74. The van der Waals surface area contributed by atoms with Crippen molar-refractivity contribution in [1.29, 1.82) is 0 Å². The number of nitrogens with two attached hydrogens (primary N) is 1. The molecule has 21 heavy (non-hydrogen) atoms. The molecule has 2 bridgehead atoms. The highest BCUT2D eigenvalue weighted by Gasteiger charge is 2.39. The molecule has 0 aromatic carbocycles. The Morgan fingerprint density at radius 3 is 2.90 bits per heavy atom. The fourth-order valence-electron chi connectivity index (χ4n) is 3.69. The van der Waals surface area contributed by atoms with Crippen LogP contribution in [0.5, 0.6) is 0 Å². The lowest BCUT2D eigenvalue weighted by Gasteiger charge is -2.21. The second-order valence-electron chi connectivity index (χ2n) is 6.03. The van der Waals surface area contributed by atoms with Gasteiger partial charge in [-0.15, -0.1) is 0 Å². The predicted molar refractivity (Wildman–Crippen MR) is 76.6 cm³/mol. The van der Waals surface area contributed by atoms with Gasteiger partial charge in [0.1, 0.15) is 12.0 Å². The van der Waals surface area contributed by atoms with Crippen LogP contribution in [0.1, 0.15) is 36.0 Å². The molecule has 3 N–H and O–H groups in total. The van der Waals surface area contributed by atoms with Crippen LogP contribution in [-0.2, 0) is 0 Å². The van der Waals surface area contributed by atoms with Gasteiger partial charge in [0.05, 0.1) is 10.5 Å². The van der Waals surface area contributed by atoms with Gasteiger partial charge in [-0.25, -0.2) is 4.98 Å². The maximum Gasteiger partial charge on any atom is 0.288 e. The second kappa shape index (κ2) is 5.31. The summed E-state index contributed by atoms with van der Waals surface area (Å²) < 4.78 is 0. The monoisotopic (exact) mass is 290 g/mol. The molecule has 1 heterocycles. The summed E-state index contributed by atoms with van der Waals surface area (Å²) in [4.78, 5) is 26.0. The van der Waals surface area contributed by atoms with Crippen LogP contribution in [0.2, 0.25) is 0 Å². The number of amides is 1. The van der Waals surface area contributed by atoms with Gasteiger partial charge in [-0.1, -0.05) is 6.42 Å². The summed E-state index contributed by atoms with van der Waals surface area (Å²) in [7, 11) is 0. The van der Waals surface area contributed by atoms with Crippen LogP contribution in [0.15, 0.2) is 12.3 Å². The third-order valence-corrected chi connectivity index (χ3v) is 4.77. The first kappa shape index (κ1) is 13.8. The number of nitro groups is 1. The molecule has 3 unspecified atom stereocenters. The van der Waals surface area contributed by atoms with Crippen molar-refractivity contribution in [2.24, 2.45) is 17.8 Å². The summed E-state index contributed by atoms with van der Waals surface area (Å²) in [6, 6.07) is 1.18. The average molecular weight is 290 g/mol. The third-order valence-electron chi connectivity index (χ3n) is 4.77. The smallest absolute Gasteiger partial charge is 0.288 e. The molecule has 0 radical (unpaired) electrons. The highest BCUT2D eigenvalue weighted by atomic mass is 16.6. The first-order valence-corrected chi connectivity index (χ1v) is 7.22. The van der Waals surface area contributed by atoms with E-state index < -0.39 is 4.92 Å². The number of aromatic nitrogens is 1. The van der Waals surface area contributed by atoms with Gasteiger partial charge in [0.25, 0.3) is 11.6 Å². The van der Waals surface area contributed by atoms with Crippen LogP contribution in [0, 0.1) is 27.9 Å². The van der Waals surface area contributed by atoms with Gasteiger partial charge < -0.3 is 11.1 Å². The lowest BCUT2D eigenvalue weighted by Crippen LogP contribution is -2.32. The summed E-state index contributed by atoms with van der Waals surface area (Å²) in [5, 5.41) is 13.6. The summed E-state index contributed by atoms with van der Waals surface area (Å²) in [6.07, 6.45) is 6.08. The molecule has 2 saturated carbocycles. The molecule has 2 aliphatic rings. The number of anilines is 1. The van der Waals surface area contributed by atoms with E-state index in [0.717, 1.165) is 18.0 Å². The fourth-order valence-corrected chi connectivity index (χ4v) is 3.69. The zero-order valence-corrected chi connectivity index (χ0v) is 11.6. The van der Waals surface area contributed by atoms with Crippen molar-refractivity contribution in [2.75, 3.05) is 12.3 Å². The van der Waals surface area contributed by atoms with Gasteiger partial charge in [-0.3, -0.25) is 14.9 Å². The number of hydrogen-bond acceptors (Lipinski definition) is 5. The van der Waals surface area contributed by atoms with E-state index in [1.54, 1.807) is 0 Å². The van der Waals surface area contributed by atoms with Gasteiger partial charge >= 0.3 is 0 Å². The number of fused-ring (bicyclic) bond motifs is 2. The number of nitrogen functional groups attached to an aromatic ring is 1. The molecular formula is C14H18N4O3. The second-order valence-corrected chi connectivity index (χ2v) is 6.03. The zero-order valence-electron chi connectivity index (χ0n) is 11.6. The van der Waals surface area contributed by atoms with Crippen LogP contribution in [0.4, 0.5) is 11.5 Å². The number of carbonyl (C=O) groups excluding carboxylic acids is 1. The Hall–Kier alpha value is -2.18. The Morgan fingerprint density at radius 1 is 1.48 bits per heavy atom. The van der Waals surface area contributed by atoms with E-state index in [9.17, 15) is 14.9 Å². The highest BCUT2D eigenvalue weighted by Crippen LogP contribution is 2.47. The standard InChI is InChI=1S/C14H18N4O3/c15-13-12(5-11(7-16-13)18(20)21)14(19)17-6-10-4-8-1-2-9(10)3-8/h5,7-10H,1-4,6H2,(H2,15,16)(H,17,19). The number of pyridine rings is 1. The molecule has 112 valence electrons. The number of nitrogens with one attached hydrogen (secondary N) is 1. The zero-order chi connectivity index (χ0) is 15.0. The van der Waals surface area contributed by atoms with Gasteiger partial charge in [0.2, 0.25) is 0 Å². The van der Waals surface area contributed by atoms with Gasteiger partial charge in [0, 0.05) is 12.6 Å². The number of nitrogens with zero attached hydrogens (tertiary/aromatic N) is 2. The normalized spacial score (nSPS) is 26.8. The number of rotatable bonds is 4. The largest absolute Gasteiger partial charge is 0.383 e. The molecular weight excluding hydrogens is 272 g/mol. The quantitative estimate of drug-likeness (QED) is 0.648. The Morgan fingerprint density at radius 2 is 2.29 bits per heavy atom. The molecule has 0 saturated heterocycles. The topological polar surface area (TPSA) is 111 Å². The maximum atomic E-state index is 12.1. The van der Waals surface area contributed by atoms with E-state index in [4.69, 9.17) is 5.73 Å². The van der Waals surface area contributed by atoms with Crippen molar-refractivity contribution in [1.82, 2.24) is 10.3 Å². The van der Waals surface area contributed by atoms with E-state index in [1.807, 2.05) is 0 Å². The molecule has 2 fully saturated rings. The minimum Gasteiger partial charge on any atom is -0.383 e. The molecule has 1 aromatic heterocycles. The highest BCUT2D eigenvalue weighted by molar-refractivity contribution is 5.98. The summed E-state index contributed by atoms with van der Waals surface area (Å²) in [5.41, 5.74) is 5.49. The molecule has 3 rings (SSSR count). The van der Waals surface area contributed by atoms with Crippen LogP contribution in [0.3, 0.4) is 0 Å². The molecule has 3 atom stereocenters. The van der Waals surface area contributed by atoms with E-state index in [0.29, 0.717) is 12.5 Å². The van der Waals surface area contributed by atoms with Crippen molar-refractivity contribution < 1.29 is 9.72 Å². The van der Waals surface area contributed by atoms with Crippen molar-refractivity contribution in [2.45, 2.75) is 25.7 Å². The Kier molecular flexibility index (Phi) is 3.48. The summed E-state index contributed by atoms with van der Waals surface area (Å²) >= 11 is 0. The van der Waals surface area contributed by atoms with Crippen molar-refractivity contribution in [3.8, 4) is 0 Å². The molecule has 0 aliphatic heterocycles. The van der Waals surface area contributed by atoms with E-state index in [-0.39, 0.29) is 23.0 Å². The molecule has 2 aliphatic carbocycles. The van der Waals surface area contributed by atoms with Crippen molar-refractivity contribution >= 4 is 17.4 Å². The van der Waals surface area contributed by atoms with E-state index in [2.05, 4.69) is 10.3 Å². The Labute approximate surface area is 122 Å². The van der Waals surface area contributed by atoms with Gasteiger partial charge in [0.15, 0.2) is 0 Å². The molecule has 7 heteroatoms. The van der Waals surface area contributed by atoms with E-state index >= 15 is 0 Å². The minimum atomic E-state index is -0.584. The van der Waals surface area contributed by atoms with Crippen LogP contribution in [-0.4, -0.2) is 22.4 Å². The van der Waals surface area contributed by atoms with Crippen LogP contribution >= 0.6 is 0 Å². The van der Waals surface area contributed by atoms with Crippen molar-refractivity contribution in [3.63, 3.8) is 0 Å². The average Bonchev–Trinajstić information content (AvgIpc) is 3.07. The van der Waals surface area contributed by atoms with Crippen LogP contribution < -0.4 is 11.1 Å². The lowest BCUT2D eigenvalue weighted by molar-refractivity contribution is -0.385. The van der Waals surface area contributed by atoms with E-state index in [1.165, 1.54) is 31.7 Å². The molecule has 0 spiro atoms. The molecule has 1 amide bonds. The Balaban J connectivity index is 1.65. The summed E-state index contributed by atoms with van der Waals surface area (Å²) in [5.74, 6) is 1.70. The minimum absolute atomic E-state index is 0.0195. The molecule has 7 nitrogen and oxygen atoms in total. The molecule has 1 aromatic rings. The van der Waals surface area contributed by atoms with Gasteiger partial charge in [-0.05, 0) is 37.0 Å². The first-order chi connectivity index (χ1) is 10.0. The SMILES string of the molecule is Nc1ncc([N+](=O)[O-])cc1C(=O)NCC1CC2CCC1C2. The lowest BCUT2D eigenvalue weighted by atomic mass is 9.89. The van der Waals surface area contributed by atoms with Gasteiger partial charge in [-0.2, -0.15) is 0 Å². The Bertz CT molecular complexity index is 590. The fraction of sp³-hybridized carbons (Fsp3) is 0.571. The maximum absolute atomic E-state index is 12.1. The summed E-state index contributed by atoms with van der Waals surface area (Å²) in [6.45, 7) is 0.613. The number of carbonyl (C=O) groups is 1. The first-order valence-electron chi connectivity index (χ1n) is 7.22. The van der Waals surface area contributed by atoms with Crippen LogP contribution in [0.25, 0.3) is 0 Å². The van der Waals surface area contributed by atoms with Crippen molar-refractivity contribution in [3.05, 3.63) is 27.9 Å². The number of hydrogen-bond donors (Lipinski definition) is 2.